The SMILES string of the molecule is O=S(=O)(CC1CCCNC1)NCCc1cnc[nH]1. The van der Waals surface area contributed by atoms with E-state index < -0.39 is 10.0 Å². The lowest BCUT2D eigenvalue weighted by Gasteiger charge is -2.22. The molecular formula is C11H20N4O2S. The first-order valence-corrected chi connectivity index (χ1v) is 7.96. The summed E-state index contributed by atoms with van der Waals surface area (Å²) < 4.78 is 26.4. The number of nitrogens with one attached hydrogen (secondary N) is 3. The molecule has 1 aromatic rings. The van der Waals surface area contributed by atoms with Crippen molar-refractivity contribution in [3.8, 4) is 0 Å². The number of hydrogen-bond acceptors (Lipinski definition) is 4. The summed E-state index contributed by atoms with van der Waals surface area (Å²) in [7, 11) is -3.16. The molecule has 0 amide bonds. The van der Waals surface area contributed by atoms with E-state index in [0.29, 0.717) is 13.0 Å². The lowest BCUT2D eigenvalue weighted by molar-refractivity contribution is 0.403. The van der Waals surface area contributed by atoms with E-state index in [-0.39, 0.29) is 11.7 Å². The summed E-state index contributed by atoms with van der Waals surface area (Å²) in [6, 6.07) is 0. The van der Waals surface area contributed by atoms with Crippen LogP contribution in [0, 0.1) is 5.92 Å². The molecule has 0 spiro atoms. The van der Waals surface area contributed by atoms with Gasteiger partial charge < -0.3 is 10.3 Å². The molecule has 6 nitrogen and oxygen atoms in total. The molecule has 1 fully saturated rings. The summed E-state index contributed by atoms with van der Waals surface area (Å²) in [5.41, 5.74) is 0.942. The molecule has 1 aliphatic heterocycles. The molecule has 0 aromatic carbocycles. The fourth-order valence-electron chi connectivity index (χ4n) is 2.20. The lowest BCUT2D eigenvalue weighted by Crippen LogP contribution is -2.38. The Morgan fingerprint density at radius 3 is 3.06 bits per heavy atom. The molecule has 0 aliphatic carbocycles. The largest absolute Gasteiger partial charge is 0.348 e. The number of piperidine rings is 1. The summed E-state index contributed by atoms with van der Waals surface area (Å²) in [4.78, 5) is 6.84. The van der Waals surface area contributed by atoms with E-state index in [2.05, 4.69) is 20.0 Å². The second-order valence-electron chi connectivity index (χ2n) is 4.71. The summed E-state index contributed by atoms with van der Waals surface area (Å²) in [5.74, 6) is 0.464. The van der Waals surface area contributed by atoms with Gasteiger partial charge in [-0.1, -0.05) is 0 Å². The van der Waals surface area contributed by atoms with Gasteiger partial charge in [-0.3, -0.25) is 0 Å². The third-order valence-corrected chi connectivity index (χ3v) is 4.68. The molecule has 0 radical (unpaired) electrons. The van der Waals surface area contributed by atoms with Crippen LogP contribution in [0.1, 0.15) is 18.5 Å². The average molecular weight is 272 g/mol. The van der Waals surface area contributed by atoms with Crippen molar-refractivity contribution in [3.05, 3.63) is 18.2 Å². The van der Waals surface area contributed by atoms with Crippen LogP contribution in [0.15, 0.2) is 12.5 Å². The normalized spacial score (nSPS) is 21.0. The van der Waals surface area contributed by atoms with Crippen LogP contribution in [0.4, 0.5) is 0 Å². The van der Waals surface area contributed by atoms with Gasteiger partial charge in [0.2, 0.25) is 10.0 Å². The zero-order valence-electron chi connectivity index (χ0n) is 10.4. The summed E-state index contributed by atoms with van der Waals surface area (Å²) in [6.07, 6.45) is 6.00. The van der Waals surface area contributed by atoms with Gasteiger partial charge in [0.15, 0.2) is 0 Å². The molecule has 1 atom stereocenters. The second kappa shape index (κ2) is 6.31. The van der Waals surface area contributed by atoms with Crippen molar-refractivity contribution in [1.82, 2.24) is 20.0 Å². The van der Waals surface area contributed by atoms with E-state index in [1.807, 2.05) is 0 Å². The number of imidazole rings is 1. The Balaban J connectivity index is 1.73. The predicted octanol–water partition coefficient (Wildman–Crippen LogP) is -0.129. The quantitative estimate of drug-likeness (QED) is 0.673. The molecule has 3 N–H and O–H groups in total. The second-order valence-corrected chi connectivity index (χ2v) is 6.57. The summed E-state index contributed by atoms with van der Waals surface area (Å²) in [6.45, 7) is 2.23. The molecule has 1 aromatic heterocycles. The molecule has 102 valence electrons. The Labute approximate surface area is 108 Å². The van der Waals surface area contributed by atoms with Gasteiger partial charge in [0.25, 0.3) is 0 Å². The number of H-pyrrole nitrogens is 1. The monoisotopic (exact) mass is 272 g/mol. The van der Waals surface area contributed by atoms with Crippen LogP contribution in [0.3, 0.4) is 0 Å². The van der Waals surface area contributed by atoms with Gasteiger partial charge in [-0.15, -0.1) is 0 Å². The molecule has 0 saturated carbocycles. The predicted molar refractivity (Wildman–Crippen MR) is 69.7 cm³/mol. The maximum atomic E-state index is 11.9. The third kappa shape index (κ3) is 4.40. The first-order chi connectivity index (χ1) is 8.66. The molecule has 2 rings (SSSR count). The molecule has 1 saturated heterocycles. The Morgan fingerprint density at radius 2 is 2.39 bits per heavy atom. The van der Waals surface area contributed by atoms with Gasteiger partial charge >= 0.3 is 0 Å². The smallest absolute Gasteiger partial charge is 0.211 e. The maximum Gasteiger partial charge on any atom is 0.211 e. The van der Waals surface area contributed by atoms with Gasteiger partial charge in [0.1, 0.15) is 0 Å². The van der Waals surface area contributed by atoms with Crippen LogP contribution in [0.2, 0.25) is 0 Å². The molecule has 7 heteroatoms. The maximum absolute atomic E-state index is 11.9. The highest BCUT2D eigenvalue weighted by atomic mass is 32.2. The fraction of sp³-hybridized carbons (Fsp3) is 0.727. The minimum Gasteiger partial charge on any atom is -0.348 e. The van der Waals surface area contributed by atoms with Crippen LogP contribution in [0.5, 0.6) is 0 Å². The number of aromatic nitrogens is 2. The number of sulfonamides is 1. The van der Waals surface area contributed by atoms with Crippen molar-refractivity contribution in [3.63, 3.8) is 0 Å². The highest BCUT2D eigenvalue weighted by Gasteiger charge is 2.20. The third-order valence-electron chi connectivity index (χ3n) is 3.13. The van der Waals surface area contributed by atoms with Crippen molar-refractivity contribution in [2.75, 3.05) is 25.4 Å². The van der Waals surface area contributed by atoms with Gasteiger partial charge in [-0.2, -0.15) is 0 Å². The average Bonchev–Trinajstić information content (AvgIpc) is 2.82. The lowest BCUT2D eigenvalue weighted by atomic mass is 10.0. The van der Waals surface area contributed by atoms with Crippen molar-refractivity contribution in [1.29, 1.82) is 0 Å². The first kappa shape index (κ1) is 13.5. The van der Waals surface area contributed by atoms with Crippen LogP contribution in [-0.2, 0) is 16.4 Å². The van der Waals surface area contributed by atoms with Gasteiger partial charge in [0.05, 0.1) is 12.1 Å². The zero-order chi connectivity index (χ0) is 12.8. The number of hydrogen-bond donors (Lipinski definition) is 3. The first-order valence-electron chi connectivity index (χ1n) is 6.31. The van der Waals surface area contributed by atoms with Crippen molar-refractivity contribution in [2.24, 2.45) is 5.92 Å². The Bertz CT molecular complexity index is 438. The molecule has 1 unspecified atom stereocenters. The number of nitrogens with zero attached hydrogens (tertiary/aromatic N) is 1. The molecule has 0 bridgehead atoms. The van der Waals surface area contributed by atoms with Gasteiger partial charge in [0, 0.05) is 24.9 Å². The highest BCUT2D eigenvalue weighted by Crippen LogP contribution is 2.11. The zero-order valence-corrected chi connectivity index (χ0v) is 11.2. The van der Waals surface area contributed by atoms with Crippen LogP contribution < -0.4 is 10.0 Å². The molecule has 1 aliphatic rings. The van der Waals surface area contributed by atoms with E-state index in [4.69, 9.17) is 0 Å². The van der Waals surface area contributed by atoms with Crippen LogP contribution in [0.25, 0.3) is 0 Å². The van der Waals surface area contributed by atoms with Gasteiger partial charge in [-0.05, 0) is 31.8 Å². The number of aromatic amines is 1. The fourth-order valence-corrected chi connectivity index (χ4v) is 3.63. The van der Waals surface area contributed by atoms with Crippen molar-refractivity contribution < 1.29 is 8.42 Å². The topological polar surface area (TPSA) is 86.9 Å². The highest BCUT2D eigenvalue weighted by molar-refractivity contribution is 7.89. The molecular weight excluding hydrogens is 252 g/mol. The van der Waals surface area contributed by atoms with E-state index >= 15 is 0 Å². The Hall–Kier alpha value is -0.920. The van der Waals surface area contributed by atoms with Gasteiger partial charge in [-0.25, -0.2) is 18.1 Å². The van der Waals surface area contributed by atoms with Crippen LogP contribution in [-0.4, -0.2) is 43.8 Å². The number of rotatable bonds is 6. The van der Waals surface area contributed by atoms with E-state index in [9.17, 15) is 8.42 Å². The van der Waals surface area contributed by atoms with Crippen LogP contribution >= 0.6 is 0 Å². The van der Waals surface area contributed by atoms with E-state index in [1.54, 1.807) is 12.5 Å². The minimum atomic E-state index is -3.16. The Kier molecular flexibility index (Phi) is 4.73. The summed E-state index contributed by atoms with van der Waals surface area (Å²) >= 11 is 0. The van der Waals surface area contributed by atoms with Crippen molar-refractivity contribution in [2.45, 2.75) is 19.3 Å². The molecule has 18 heavy (non-hydrogen) atoms. The Morgan fingerprint density at radius 1 is 1.50 bits per heavy atom. The van der Waals surface area contributed by atoms with E-state index in [0.717, 1.165) is 31.6 Å². The van der Waals surface area contributed by atoms with E-state index in [1.165, 1.54) is 0 Å². The standard InChI is InChI=1S/C11H20N4O2S/c16-18(17,8-10-2-1-4-12-6-10)15-5-3-11-7-13-9-14-11/h7,9-10,12,15H,1-6,8H2,(H,13,14). The summed E-state index contributed by atoms with van der Waals surface area (Å²) in [5, 5.41) is 3.23. The molecule has 2 heterocycles. The minimum absolute atomic E-state index is 0.225. The van der Waals surface area contributed by atoms with Crippen molar-refractivity contribution >= 4 is 10.0 Å².